The Labute approximate surface area is 258 Å². The van der Waals surface area contributed by atoms with Crippen LogP contribution in [0.2, 0.25) is 5.02 Å². The van der Waals surface area contributed by atoms with Crippen LogP contribution in [0, 0.1) is 6.92 Å². The molecular formula is C34H29ClN4O3S. The van der Waals surface area contributed by atoms with Crippen molar-refractivity contribution in [3.63, 3.8) is 0 Å². The molecule has 0 saturated heterocycles. The number of carbonyl (C=O) groups is 3. The molecule has 5 aromatic rings. The first-order chi connectivity index (χ1) is 20.8. The first-order valence-electron chi connectivity index (χ1n) is 13.6. The molecule has 3 amide bonds. The van der Waals surface area contributed by atoms with Gasteiger partial charge in [0, 0.05) is 49.5 Å². The van der Waals surface area contributed by atoms with Gasteiger partial charge in [-0.15, -0.1) is 11.8 Å². The summed E-state index contributed by atoms with van der Waals surface area (Å²) in [7, 11) is 0. The Morgan fingerprint density at radius 1 is 0.884 bits per heavy atom. The number of thioether (sulfide) groups is 1. The summed E-state index contributed by atoms with van der Waals surface area (Å²) in [5.41, 5.74) is 4.36. The fourth-order valence-electron chi connectivity index (χ4n) is 4.35. The van der Waals surface area contributed by atoms with Gasteiger partial charge in [0.1, 0.15) is 5.70 Å². The lowest BCUT2D eigenvalue weighted by Gasteiger charge is -2.14. The molecule has 0 spiro atoms. The van der Waals surface area contributed by atoms with Gasteiger partial charge in [0.05, 0.1) is 5.25 Å². The van der Waals surface area contributed by atoms with Gasteiger partial charge >= 0.3 is 0 Å². The van der Waals surface area contributed by atoms with Crippen LogP contribution in [0.4, 0.5) is 11.4 Å². The van der Waals surface area contributed by atoms with Crippen LogP contribution in [-0.2, 0) is 9.59 Å². The van der Waals surface area contributed by atoms with Gasteiger partial charge in [-0.3, -0.25) is 14.4 Å². The van der Waals surface area contributed by atoms with Crippen molar-refractivity contribution in [3.8, 4) is 0 Å². The van der Waals surface area contributed by atoms with E-state index in [0.717, 1.165) is 26.9 Å². The average molecular weight is 609 g/mol. The standard InChI is InChI=1S/C34H29ClN4O3S/c1-21-12-13-25(35)19-30(21)38-32(40)22(2)43-27-16-14-26(15-17-27)37-34(42)31(39-33(41)23-8-4-3-5-9-23)18-24-20-36-29-11-7-6-10-28(24)29/h3-20,22,36H,1-2H3,(H,37,42)(H,38,40)(H,39,41)/b31-18-/t22-/m0/s1. The molecule has 1 aromatic heterocycles. The maximum absolute atomic E-state index is 13.4. The number of H-pyrrole nitrogens is 1. The average Bonchev–Trinajstić information content (AvgIpc) is 3.42. The van der Waals surface area contributed by atoms with E-state index in [1.165, 1.54) is 11.8 Å². The monoisotopic (exact) mass is 608 g/mol. The van der Waals surface area contributed by atoms with Gasteiger partial charge in [0.2, 0.25) is 5.91 Å². The lowest BCUT2D eigenvalue weighted by Crippen LogP contribution is -2.30. The van der Waals surface area contributed by atoms with Gasteiger partial charge in [-0.25, -0.2) is 0 Å². The number of benzene rings is 4. The summed E-state index contributed by atoms with van der Waals surface area (Å²) < 4.78 is 0. The third-order valence-electron chi connectivity index (χ3n) is 6.70. The first-order valence-corrected chi connectivity index (χ1v) is 14.8. The highest BCUT2D eigenvalue weighted by Gasteiger charge is 2.18. The number of hydrogen-bond acceptors (Lipinski definition) is 4. The Kier molecular flexibility index (Phi) is 9.29. The summed E-state index contributed by atoms with van der Waals surface area (Å²) in [6, 6.07) is 29.0. The number of aromatic amines is 1. The zero-order valence-corrected chi connectivity index (χ0v) is 25.1. The Morgan fingerprint density at radius 3 is 2.37 bits per heavy atom. The first kappa shape index (κ1) is 29.7. The molecule has 43 heavy (non-hydrogen) atoms. The maximum Gasteiger partial charge on any atom is 0.272 e. The van der Waals surface area contributed by atoms with Crippen LogP contribution in [0.3, 0.4) is 0 Å². The van der Waals surface area contributed by atoms with E-state index in [1.807, 2.05) is 62.4 Å². The summed E-state index contributed by atoms with van der Waals surface area (Å²) in [5, 5.41) is 9.68. The number of amides is 3. The highest BCUT2D eigenvalue weighted by molar-refractivity contribution is 8.00. The van der Waals surface area contributed by atoms with Gasteiger partial charge in [0.25, 0.3) is 11.8 Å². The number of halogens is 1. The molecule has 0 unspecified atom stereocenters. The zero-order valence-electron chi connectivity index (χ0n) is 23.5. The summed E-state index contributed by atoms with van der Waals surface area (Å²) in [4.78, 5) is 43.3. The lowest BCUT2D eigenvalue weighted by atomic mass is 10.1. The molecule has 0 radical (unpaired) electrons. The fraction of sp³-hybridized carbons (Fsp3) is 0.0882. The number of carbonyl (C=O) groups excluding carboxylic acids is 3. The molecular weight excluding hydrogens is 580 g/mol. The quantitative estimate of drug-likeness (QED) is 0.102. The predicted molar refractivity (Wildman–Crippen MR) is 175 cm³/mol. The molecule has 1 heterocycles. The van der Waals surface area contributed by atoms with E-state index in [1.54, 1.807) is 60.8 Å². The van der Waals surface area contributed by atoms with E-state index in [4.69, 9.17) is 11.6 Å². The second-order valence-corrected chi connectivity index (χ2v) is 11.7. The number of anilines is 2. The molecule has 0 fully saturated rings. The van der Waals surface area contributed by atoms with E-state index in [-0.39, 0.29) is 16.9 Å². The van der Waals surface area contributed by atoms with E-state index >= 15 is 0 Å². The Hall–Kier alpha value is -4.79. The predicted octanol–water partition coefficient (Wildman–Crippen LogP) is 7.66. The second-order valence-electron chi connectivity index (χ2n) is 9.85. The Morgan fingerprint density at radius 2 is 1.60 bits per heavy atom. The Balaban J connectivity index is 1.29. The number of hydrogen-bond donors (Lipinski definition) is 4. The van der Waals surface area contributed by atoms with Crippen LogP contribution >= 0.6 is 23.4 Å². The van der Waals surface area contributed by atoms with Crippen LogP contribution in [0.15, 0.2) is 114 Å². The van der Waals surface area contributed by atoms with Crippen molar-refractivity contribution in [2.75, 3.05) is 10.6 Å². The van der Waals surface area contributed by atoms with Crippen LogP contribution < -0.4 is 16.0 Å². The SMILES string of the molecule is Cc1ccc(Cl)cc1NC(=O)[C@H](C)Sc1ccc(NC(=O)/C(=C/c2c[nH]c3ccccc23)NC(=O)c2ccccc2)cc1. The number of aryl methyl sites for hydroxylation is 1. The van der Waals surface area contributed by atoms with Gasteiger partial charge < -0.3 is 20.9 Å². The molecule has 5 rings (SSSR count). The van der Waals surface area contributed by atoms with Crippen molar-refractivity contribution in [1.29, 1.82) is 0 Å². The molecule has 0 aliphatic carbocycles. The zero-order chi connectivity index (χ0) is 30.3. The van der Waals surface area contributed by atoms with Crippen LogP contribution in [-0.4, -0.2) is 28.0 Å². The highest BCUT2D eigenvalue weighted by atomic mass is 35.5. The fourth-order valence-corrected chi connectivity index (χ4v) is 5.39. The van der Waals surface area contributed by atoms with E-state index in [2.05, 4.69) is 20.9 Å². The highest BCUT2D eigenvalue weighted by Crippen LogP contribution is 2.27. The molecule has 216 valence electrons. The number of nitrogens with one attached hydrogen (secondary N) is 4. The Bertz CT molecular complexity index is 1820. The molecule has 1 atom stereocenters. The molecule has 0 saturated carbocycles. The summed E-state index contributed by atoms with van der Waals surface area (Å²) in [6.45, 7) is 3.73. The van der Waals surface area contributed by atoms with Gasteiger partial charge in [-0.1, -0.05) is 54.1 Å². The van der Waals surface area contributed by atoms with E-state index in [9.17, 15) is 14.4 Å². The minimum absolute atomic E-state index is 0.0960. The number of para-hydroxylation sites is 1. The molecule has 9 heteroatoms. The summed E-state index contributed by atoms with van der Waals surface area (Å²) in [6.07, 6.45) is 3.45. The third-order valence-corrected chi connectivity index (χ3v) is 8.05. The topological polar surface area (TPSA) is 103 Å². The normalized spacial score (nSPS) is 12.0. The van der Waals surface area contributed by atoms with E-state index in [0.29, 0.717) is 22.0 Å². The largest absolute Gasteiger partial charge is 0.361 e. The number of rotatable bonds is 9. The number of fused-ring (bicyclic) bond motifs is 1. The molecule has 4 aromatic carbocycles. The van der Waals surface area contributed by atoms with Gasteiger partial charge in [-0.05, 0) is 80.1 Å². The van der Waals surface area contributed by atoms with Gasteiger partial charge in [-0.2, -0.15) is 0 Å². The third kappa shape index (κ3) is 7.54. The smallest absolute Gasteiger partial charge is 0.272 e. The molecule has 0 bridgehead atoms. The molecule has 4 N–H and O–H groups in total. The van der Waals surface area contributed by atoms with Crippen molar-refractivity contribution in [2.24, 2.45) is 0 Å². The van der Waals surface area contributed by atoms with Crippen molar-refractivity contribution < 1.29 is 14.4 Å². The second kappa shape index (κ2) is 13.5. The molecule has 0 aliphatic heterocycles. The van der Waals surface area contributed by atoms with Crippen molar-refractivity contribution in [1.82, 2.24) is 10.3 Å². The number of aromatic nitrogens is 1. The van der Waals surface area contributed by atoms with Crippen LogP contribution in [0.25, 0.3) is 17.0 Å². The minimum Gasteiger partial charge on any atom is -0.361 e. The molecule has 7 nitrogen and oxygen atoms in total. The van der Waals surface area contributed by atoms with E-state index < -0.39 is 11.8 Å². The molecule has 0 aliphatic rings. The van der Waals surface area contributed by atoms with Gasteiger partial charge in [0.15, 0.2) is 0 Å². The van der Waals surface area contributed by atoms with Crippen LogP contribution in [0.5, 0.6) is 0 Å². The maximum atomic E-state index is 13.4. The van der Waals surface area contributed by atoms with Crippen molar-refractivity contribution >= 4 is 69.4 Å². The lowest BCUT2D eigenvalue weighted by molar-refractivity contribution is -0.115. The summed E-state index contributed by atoms with van der Waals surface area (Å²) >= 11 is 7.47. The van der Waals surface area contributed by atoms with Crippen molar-refractivity contribution in [3.05, 3.63) is 131 Å². The van der Waals surface area contributed by atoms with Crippen molar-refractivity contribution in [2.45, 2.75) is 24.0 Å². The van der Waals surface area contributed by atoms with Crippen LogP contribution in [0.1, 0.15) is 28.4 Å². The summed E-state index contributed by atoms with van der Waals surface area (Å²) in [5.74, 6) is -1.01. The minimum atomic E-state index is -0.473.